The molecule has 37 heavy (non-hydrogen) atoms. The summed E-state index contributed by atoms with van der Waals surface area (Å²) < 4.78 is 50.5. The average molecular weight is 518 g/mol. The van der Waals surface area contributed by atoms with Gasteiger partial charge >= 0.3 is 12.1 Å². The average Bonchev–Trinajstić information content (AvgIpc) is 3.27. The maximum atomic E-state index is 13.1. The lowest BCUT2D eigenvalue weighted by Gasteiger charge is -2.51. The predicted octanol–water partition coefficient (Wildman–Crippen LogP) is 4.01. The Morgan fingerprint density at radius 2 is 1.81 bits per heavy atom. The molecule has 0 saturated carbocycles. The van der Waals surface area contributed by atoms with Crippen molar-refractivity contribution >= 4 is 11.9 Å². The quantitative estimate of drug-likeness (QED) is 0.571. The summed E-state index contributed by atoms with van der Waals surface area (Å²) >= 11 is 0. The first-order valence-corrected chi connectivity index (χ1v) is 12.6. The van der Waals surface area contributed by atoms with Crippen LogP contribution in [-0.2, 0) is 22.5 Å². The molecule has 0 bridgehead atoms. The van der Waals surface area contributed by atoms with Gasteiger partial charge in [-0.1, -0.05) is 18.2 Å². The molecule has 1 amide bonds. The summed E-state index contributed by atoms with van der Waals surface area (Å²) in [5, 5.41) is 0. The molecule has 2 aromatic rings. The first-order valence-electron chi connectivity index (χ1n) is 12.6. The summed E-state index contributed by atoms with van der Waals surface area (Å²) in [5.74, 6) is -1.58. The zero-order chi connectivity index (χ0) is 26.2. The number of hydrogen-bond donors (Lipinski definition) is 0. The molecule has 3 aliphatic rings. The van der Waals surface area contributed by atoms with Gasteiger partial charge < -0.3 is 14.4 Å². The Bertz CT molecular complexity index is 1150. The number of rotatable bonds is 4. The summed E-state index contributed by atoms with van der Waals surface area (Å²) in [6.07, 6.45) is -0.504. The lowest BCUT2D eigenvalue weighted by Crippen LogP contribution is -2.58. The number of aromatic nitrogens is 1. The number of halogens is 3. The van der Waals surface area contributed by atoms with Crippen LogP contribution in [0.1, 0.15) is 47.7 Å². The van der Waals surface area contributed by atoms with Crippen molar-refractivity contribution in [3.05, 3.63) is 59.4 Å². The number of alkyl halides is 3. The van der Waals surface area contributed by atoms with Crippen molar-refractivity contribution in [2.24, 2.45) is 5.41 Å². The summed E-state index contributed by atoms with van der Waals surface area (Å²) in [5.41, 5.74) is 2.09. The van der Waals surface area contributed by atoms with Gasteiger partial charge in [0.25, 0.3) is 5.91 Å². The molecule has 10 heteroatoms. The van der Waals surface area contributed by atoms with Crippen LogP contribution in [0.2, 0.25) is 0 Å². The van der Waals surface area contributed by atoms with E-state index in [9.17, 15) is 22.8 Å². The summed E-state index contributed by atoms with van der Waals surface area (Å²) in [6.45, 7) is 4.35. The van der Waals surface area contributed by atoms with E-state index in [4.69, 9.17) is 9.47 Å². The van der Waals surface area contributed by atoms with E-state index in [0.717, 1.165) is 17.7 Å². The van der Waals surface area contributed by atoms with Crippen LogP contribution in [0.4, 0.5) is 13.2 Å². The number of fused-ring (bicyclic) bond motifs is 1. The van der Waals surface area contributed by atoms with Crippen molar-refractivity contribution in [1.82, 2.24) is 14.8 Å². The monoisotopic (exact) mass is 517 g/mol. The Balaban J connectivity index is 1.29. The summed E-state index contributed by atoms with van der Waals surface area (Å²) in [4.78, 5) is 32.5. The predicted molar refractivity (Wildman–Crippen MR) is 128 cm³/mol. The number of benzene rings is 1. The van der Waals surface area contributed by atoms with Gasteiger partial charge in [-0.2, -0.15) is 13.2 Å². The first-order chi connectivity index (χ1) is 17.6. The molecule has 0 aliphatic carbocycles. The fourth-order valence-corrected chi connectivity index (χ4v) is 5.82. The minimum Gasteiger partial charge on any atom is -0.490 e. The Morgan fingerprint density at radius 1 is 1.11 bits per heavy atom. The number of pyridine rings is 1. The summed E-state index contributed by atoms with van der Waals surface area (Å²) in [6, 6.07) is 9.29. The lowest BCUT2D eigenvalue weighted by molar-refractivity contribution is -0.216. The van der Waals surface area contributed by atoms with E-state index in [2.05, 4.69) is 22.0 Å². The molecule has 3 aliphatic heterocycles. The van der Waals surface area contributed by atoms with Gasteiger partial charge in [-0.15, -0.1) is 0 Å². The minimum absolute atomic E-state index is 0.0686. The normalized spacial score (nSPS) is 23.4. The third kappa shape index (κ3) is 5.30. The van der Waals surface area contributed by atoms with Crippen molar-refractivity contribution in [3.8, 4) is 5.75 Å². The van der Waals surface area contributed by atoms with E-state index < -0.39 is 23.7 Å². The van der Waals surface area contributed by atoms with Crippen molar-refractivity contribution in [3.63, 3.8) is 0 Å². The van der Waals surface area contributed by atoms with Gasteiger partial charge in [-0.25, -0.2) is 4.79 Å². The van der Waals surface area contributed by atoms with Crippen molar-refractivity contribution in [2.75, 3.05) is 26.2 Å². The van der Waals surface area contributed by atoms with E-state index in [1.807, 2.05) is 13.0 Å². The zero-order valence-electron chi connectivity index (χ0n) is 20.7. The SMILES string of the molecule is CC1Cc2cccc(CN3CCC4(CC3)CCN(C(=O)c3ccncc3)CC4OC(=O)C(F)(F)F)c2O1. The highest BCUT2D eigenvalue weighted by Gasteiger charge is 2.51. The molecular weight excluding hydrogens is 487 g/mol. The Labute approximate surface area is 213 Å². The Kier molecular flexibility index (Phi) is 6.87. The molecule has 1 aromatic carbocycles. The Hall–Kier alpha value is -3.14. The highest BCUT2D eigenvalue weighted by molar-refractivity contribution is 5.94. The molecule has 2 atom stereocenters. The zero-order valence-corrected chi connectivity index (χ0v) is 20.7. The lowest BCUT2D eigenvalue weighted by atomic mass is 9.69. The number of esters is 1. The van der Waals surface area contributed by atoms with Crippen LogP contribution >= 0.6 is 0 Å². The number of carbonyl (C=O) groups is 2. The third-order valence-electron chi connectivity index (χ3n) is 7.89. The molecule has 1 aromatic heterocycles. The van der Waals surface area contributed by atoms with E-state index in [1.54, 1.807) is 12.1 Å². The second kappa shape index (κ2) is 9.96. The molecule has 0 radical (unpaired) electrons. The molecule has 2 fully saturated rings. The fourth-order valence-electron chi connectivity index (χ4n) is 5.82. The van der Waals surface area contributed by atoms with Crippen molar-refractivity contribution in [2.45, 2.75) is 57.5 Å². The maximum Gasteiger partial charge on any atom is 0.490 e. The number of hydrogen-bond acceptors (Lipinski definition) is 6. The number of likely N-dealkylation sites (tertiary alicyclic amines) is 2. The van der Waals surface area contributed by atoms with Gasteiger partial charge in [0.15, 0.2) is 0 Å². The third-order valence-corrected chi connectivity index (χ3v) is 7.89. The van der Waals surface area contributed by atoms with Gasteiger partial charge in [-0.05, 0) is 57.0 Å². The van der Waals surface area contributed by atoms with Gasteiger partial charge in [0.05, 0.1) is 6.54 Å². The van der Waals surface area contributed by atoms with E-state index in [-0.39, 0.29) is 18.6 Å². The topological polar surface area (TPSA) is 72.0 Å². The number of amides is 1. The number of nitrogens with zero attached hydrogens (tertiary/aromatic N) is 3. The molecule has 5 rings (SSSR count). The van der Waals surface area contributed by atoms with E-state index >= 15 is 0 Å². The number of ether oxygens (including phenoxy) is 2. The van der Waals surface area contributed by atoms with Gasteiger partial charge in [0.1, 0.15) is 18.0 Å². The van der Waals surface area contributed by atoms with Crippen LogP contribution in [0.25, 0.3) is 0 Å². The van der Waals surface area contributed by atoms with Gasteiger partial charge in [0, 0.05) is 48.4 Å². The number of carbonyl (C=O) groups excluding carboxylic acids is 2. The Morgan fingerprint density at radius 3 is 2.51 bits per heavy atom. The molecule has 7 nitrogen and oxygen atoms in total. The van der Waals surface area contributed by atoms with E-state index in [0.29, 0.717) is 51.0 Å². The molecular formula is C27H30F3N3O4. The first kappa shape index (κ1) is 25.5. The molecule has 198 valence electrons. The second-order valence-electron chi connectivity index (χ2n) is 10.3. The van der Waals surface area contributed by atoms with Crippen LogP contribution in [0.15, 0.2) is 42.7 Å². The van der Waals surface area contributed by atoms with Crippen molar-refractivity contribution in [1.29, 1.82) is 0 Å². The highest BCUT2D eigenvalue weighted by atomic mass is 19.4. The van der Waals surface area contributed by atoms with Crippen LogP contribution in [0.5, 0.6) is 5.75 Å². The molecule has 2 saturated heterocycles. The van der Waals surface area contributed by atoms with Gasteiger partial charge in [-0.3, -0.25) is 14.7 Å². The highest BCUT2D eigenvalue weighted by Crippen LogP contribution is 2.44. The maximum absolute atomic E-state index is 13.1. The molecule has 0 N–H and O–H groups in total. The van der Waals surface area contributed by atoms with Crippen LogP contribution in [-0.4, -0.2) is 71.2 Å². The fraction of sp³-hybridized carbons (Fsp3) is 0.519. The van der Waals surface area contributed by atoms with Crippen molar-refractivity contribution < 1.29 is 32.2 Å². The molecule has 4 heterocycles. The van der Waals surface area contributed by atoms with Crippen LogP contribution in [0, 0.1) is 5.41 Å². The number of para-hydroxylation sites is 1. The molecule has 2 unspecified atom stereocenters. The standard InChI is InChI=1S/C27H30F3N3O4/c1-18-15-20-3-2-4-21(23(20)36-18)16-32-12-7-26(8-13-32)9-14-33(24(34)19-5-10-31-11-6-19)17-22(26)37-25(35)27(28,29)30/h2-6,10-11,18,22H,7-9,12-17H2,1H3. The molecule has 1 spiro atoms. The largest absolute Gasteiger partial charge is 0.490 e. The summed E-state index contributed by atoms with van der Waals surface area (Å²) in [7, 11) is 0. The number of piperidine rings is 2. The minimum atomic E-state index is -5.09. The second-order valence-corrected chi connectivity index (χ2v) is 10.3. The van der Waals surface area contributed by atoms with Gasteiger partial charge in [0.2, 0.25) is 0 Å². The van der Waals surface area contributed by atoms with Crippen LogP contribution < -0.4 is 4.74 Å². The van der Waals surface area contributed by atoms with E-state index in [1.165, 1.54) is 22.9 Å². The van der Waals surface area contributed by atoms with Crippen LogP contribution in [0.3, 0.4) is 0 Å². The smallest absolute Gasteiger partial charge is 0.490 e.